The Morgan fingerprint density at radius 1 is 0.895 bits per heavy atom. The van der Waals surface area contributed by atoms with E-state index in [-0.39, 0.29) is 0 Å². The van der Waals surface area contributed by atoms with E-state index in [1.165, 1.54) is 70.8 Å². The zero-order valence-corrected chi connectivity index (χ0v) is 13.7. The van der Waals surface area contributed by atoms with Crippen LogP contribution in [0.3, 0.4) is 0 Å². The number of hydrogen-bond donors (Lipinski definition) is 1. The van der Waals surface area contributed by atoms with Gasteiger partial charge in [-0.25, -0.2) is 0 Å². The van der Waals surface area contributed by atoms with Crippen LogP contribution in [0, 0.1) is 17.8 Å². The van der Waals surface area contributed by atoms with Gasteiger partial charge in [-0.3, -0.25) is 0 Å². The van der Waals surface area contributed by atoms with E-state index in [1.807, 2.05) is 0 Å². The van der Waals surface area contributed by atoms with Crippen molar-refractivity contribution in [1.29, 1.82) is 0 Å². The predicted octanol–water partition coefficient (Wildman–Crippen LogP) is 5.40. The molecule has 0 heterocycles. The quantitative estimate of drug-likeness (QED) is 0.523. The van der Waals surface area contributed by atoms with Gasteiger partial charge >= 0.3 is 0 Å². The maximum absolute atomic E-state index is 3.59. The maximum atomic E-state index is 3.59. The Morgan fingerprint density at radius 2 is 1.68 bits per heavy atom. The normalized spacial score (nSPS) is 27.6. The van der Waals surface area contributed by atoms with Crippen molar-refractivity contribution in [2.45, 2.75) is 85.0 Å². The van der Waals surface area contributed by atoms with Crippen molar-refractivity contribution in [1.82, 2.24) is 5.32 Å². The highest BCUT2D eigenvalue weighted by atomic mass is 14.8. The van der Waals surface area contributed by atoms with E-state index in [4.69, 9.17) is 0 Å². The highest BCUT2D eigenvalue weighted by Crippen LogP contribution is 2.38. The molecular formula is C18H37N. The predicted molar refractivity (Wildman–Crippen MR) is 86.5 cm³/mol. The van der Waals surface area contributed by atoms with E-state index < -0.39 is 0 Å². The number of nitrogens with one attached hydrogen (secondary N) is 1. The molecule has 0 bridgehead atoms. The summed E-state index contributed by atoms with van der Waals surface area (Å²) in [6.07, 6.45) is 14.6. The molecule has 0 aromatic rings. The molecule has 0 saturated heterocycles. The monoisotopic (exact) mass is 267 g/mol. The van der Waals surface area contributed by atoms with Crippen LogP contribution < -0.4 is 5.32 Å². The van der Waals surface area contributed by atoms with Gasteiger partial charge in [0, 0.05) is 0 Å². The number of unbranched alkanes of at least 4 members (excludes halogenated alkanes) is 4. The van der Waals surface area contributed by atoms with Crippen LogP contribution in [-0.2, 0) is 0 Å². The van der Waals surface area contributed by atoms with Gasteiger partial charge in [0.1, 0.15) is 0 Å². The molecule has 1 fully saturated rings. The molecule has 0 spiro atoms. The van der Waals surface area contributed by atoms with Crippen LogP contribution in [0.1, 0.15) is 85.0 Å². The Labute approximate surface area is 121 Å². The summed E-state index contributed by atoms with van der Waals surface area (Å²) >= 11 is 0. The van der Waals surface area contributed by atoms with Gasteiger partial charge < -0.3 is 5.32 Å². The van der Waals surface area contributed by atoms with Crippen molar-refractivity contribution in [3.8, 4) is 0 Å². The van der Waals surface area contributed by atoms with E-state index in [0.29, 0.717) is 0 Å². The summed E-state index contributed by atoms with van der Waals surface area (Å²) in [5.74, 6) is 3.01. The number of hydrogen-bond acceptors (Lipinski definition) is 1. The van der Waals surface area contributed by atoms with Gasteiger partial charge in [0.25, 0.3) is 0 Å². The van der Waals surface area contributed by atoms with Crippen LogP contribution >= 0.6 is 0 Å². The smallest absolute Gasteiger partial charge is 0.00180 e. The van der Waals surface area contributed by atoms with E-state index in [9.17, 15) is 0 Å². The lowest BCUT2D eigenvalue weighted by Crippen LogP contribution is -2.33. The molecule has 1 N–H and O–H groups in total. The molecule has 1 nitrogen and oxygen atoms in total. The standard InChI is InChI=1S/C18H37N/c1-4-7-8-9-10-11-17-14-16(5-2)12-13-18(17)15-19-6-3/h16-19H,4-15H2,1-3H3. The van der Waals surface area contributed by atoms with Gasteiger partial charge in [-0.15, -0.1) is 0 Å². The van der Waals surface area contributed by atoms with Crippen LogP contribution in [0.4, 0.5) is 0 Å². The third-order valence-electron chi connectivity index (χ3n) is 5.16. The zero-order valence-electron chi connectivity index (χ0n) is 13.7. The third-order valence-corrected chi connectivity index (χ3v) is 5.16. The first-order valence-electron chi connectivity index (χ1n) is 9.02. The van der Waals surface area contributed by atoms with Crippen LogP contribution in [0.5, 0.6) is 0 Å². The maximum Gasteiger partial charge on any atom is -0.00180 e. The fourth-order valence-electron chi connectivity index (χ4n) is 3.76. The minimum atomic E-state index is 0.967. The molecule has 1 aliphatic carbocycles. The van der Waals surface area contributed by atoms with E-state index >= 15 is 0 Å². The summed E-state index contributed by atoms with van der Waals surface area (Å²) < 4.78 is 0. The third kappa shape index (κ3) is 6.79. The summed E-state index contributed by atoms with van der Waals surface area (Å²) in [5.41, 5.74) is 0. The average Bonchev–Trinajstić information content (AvgIpc) is 2.45. The average molecular weight is 268 g/mol. The van der Waals surface area contributed by atoms with Gasteiger partial charge in [0.05, 0.1) is 0 Å². The molecular weight excluding hydrogens is 230 g/mol. The van der Waals surface area contributed by atoms with Gasteiger partial charge in [0.2, 0.25) is 0 Å². The lowest BCUT2D eigenvalue weighted by atomic mass is 9.71. The van der Waals surface area contributed by atoms with Crippen LogP contribution in [0.15, 0.2) is 0 Å². The fourth-order valence-corrected chi connectivity index (χ4v) is 3.76. The molecule has 0 aromatic heterocycles. The van der Waals surface area contributed by atoms with Crippen molar-refractivity contribution < 1.29 is 0 Å². The summed E-state index contributed by atoms with van der Waals surface area (Å²) in [6, 6.07) is 0. The molecule has 0 radical (unpaired) electrons. The first kappa shape index (κ1) is 17.0. The second-order valence-corrected chi connectivity index (χ2v) is 6.62. The minimum absolute atomic E-state index is 0.967. The van der Waals surface area contributed by atoms with E-state index in [1.54, 1.807) is 0 Å². The zero-order chi connectivity index (χ0) is 13.9. The van der Waals surface area contributed by atoms with Crippen molar-refractivity contribution >= 4 is 0 Å². The molecule has 1 aliphatic rings. The van der Waals surface area contributed by atoms with Gasteiger partial charge in [-0.05, 0) is 43.7 Å². The topological polar surface area (TPSA) is 12.0 Å². The molecule has 0 amide bonds. The second kappa shape index (κ2) is 10.7. The van der Waals surface area contributed by atoms with Crippen LogP contribution in [-0.4, -0.2) is 13.1 Å². The Hall–Kier alpha value is -0.0400. The summed E-state index contributed by atoms with van der Waals surface area (Å²) in [6.45, 7) is 9.33. The van der Waals surface area contributed by atoms with E-state index in [2.05, 4.69) is 26.1 Å². The fraction of sp³-hybridized carbons (Fsp3) is 1.00. The van der Waals surface area contributed by atoms with Crippen molar-refractivity contribution in [2.24, 2.45) is 17.8 Å². The largest absolute Gasteiger partial charge is 0.317 e. The summed E-state index contributed by atoms with van der Waals surface area (Å²) in [4.78, 5) is 0. The van der Waals surface area contributed by atoms with Crippen LogP contribution in [0.2, 0.25) is 0 Å². The molecule has 1 saturated carbocycles. The van der Waals surface area contributed by atoms with Crippen molar-refractivity contribution in [3.63, 3.8) is 0 Å². The van der Waals surface area contributed by atoms with Gasteiger partial charge in [0.15, 0.2) is 0 Å². The van der Waals surface area contributed by atoms with Crippen molar-refractivity contribution in [2.75, 3.05) is 13.1 Å². The first-order valence-corrected chi connectivity index (χ1v) is 9.02. The lowest BCUT2D eigenvalue weighted by Gasteiger charge is -2.36. The Morgan fingerprint density at radius 3 is 2.37 bits per heavy atom. The van der Waals surface area contributed by atoms with Crippen molar-refractivity contribution in [3.05, 3.63) is 0 Å². The Kier molecular flexibility index (Phi) is 9.59. The lowest BCUT2D eigenvalue weighted by molar-refractivity contribution is 0.160. The SMILES string of the molecule is CCCCCCCC1CC(CC)CCC1CNCC. The molecule has 114 valence electrons. The molecule has 0 aliphatic heterocycles. The highest BCUT2D eigenvalue weighted by molar-refractivity contribution is 4.81. The number of rotatable bonds is 10. The minimum Gasteiger partial charge on any atom is -0.317 e. The van der Waals surface area contributed by atoms with Gasteiger partial charge in [-0.1, -0.05) is 72.1 Å². The summed E-state index contributed by atoms with van der Waals surface area (Å²) in [7, 11) is 0. The van der Waals surface area contributed by atoms with Crippen LogP contribution in [0.25, 0.3) is 0 Å². The van der Waals surface area contributed by atoms with Gasteiger partial charge in [-0.2, -0.15) is 0 Å². The second-order valence-electron chi connectivity index (χ2n) is 6.62. The Balaban J connectivity index is 2.28. The summed E-state index contributed by atoms with van der Waals surface area (Å²) in [5, 5.41) is 3.59. The molecule has 0 aromatic carbocycles. The molecule has 1 heteroatoms. The van der Waals surface area contributed by atoms with E-state index in [0.717, 1.165) is 24.3 Å². The molecule has 3 atom stereocenters. The molecule has 1 rings (SSSR count). The Bertz CT molecular complexity index is 202. The highest BCUT2D eigenvalue weighted by Gasteiger charge is 2.28. The molecule has 19 heavy (non-hydrogen) atoms. The molecule has 3 unspecified atom stereocenters. The first-order chi connectivity index (χ1) is 9.31.